The van der Waals surface area contributed by atoms with Gasteiger partial charge in [0.15, 0.2) is 11.7 Å². The molecule has 0 aliphatic carbocycles. The number of aromatic nitrogens is 1. The zero-order valence-corrected chi connectivity index (χ0v) is 15.6. The summed E-state index contributed by atoms with van der Waals surface area (Å²) in [7, 11) is 1.74. The fourth-order valence-electron chi connectivity index (χ4n) is 2.65. The van der Waals surface area contributed by atoms with Crippen LogP contribution in [0, 0.1) is 0 Å². The molecule has 0 aliphatic heterocycles. The Morgan fingerprint density at radius 1 is 1.04 bits per heavy atom. The second kappa shape index (κ2) is 9.43. The topological polar surface area (TPSA) is 71.7 Å². The molecule has 0 saturated heterocycles. The Morgan fingerprint density at radius 2 is 1.78 bits per heavy atom. The third kappa shape index (κ3) is 5.10. The normalized spacial score (nSPS) is 11.3. The highest BCUT2D eigenvalue weighted by molar-refractivity contribution is 5.79. The molecule has 6 heteroatoms. The number of hydrogen-bond acceptors (Lipinski definition) is 4. The first-order valence-corrected chi connectivity index (χ1v) is 8.96. The number of nitrogens with one attached hydrogen (secondary N) is 2. The van der Waals surface area contributed by atoms with Crippen molar-refractivity contribution in [3.8, 4) is 17.1 Å². The number of nitrogens with zero attached hydrogens (tertiary/aromatic N) is 2. The summed E-state index contributed by atoms with van der Waals surface area (Å²) in [6.07, 6.45) is 0. The zero-order valence-electron chi connectivity index (χ0n) is 15.6. The lowest BCUT2D eigenvalue weighted by Crippen LogP contribution is -2.36. The first-order chi connectivity index (χ1) is 13.3. The zero-order chi connectivity index (χ0) is 18.9. The van der Waals surface area contributed by atoms with E-state index in [1.807, 2.05) is 67.6 Å². The number of aliphatic imine (C=N–C) groups is 1. The van der Waals surface area contributed by atoms with Gasteiger partial charge in [0.05, 0.1) is 13.2 Å². The summed E-state index contributed by atoms with van der Waals surface area (Å²) in [6, 6.07) is 19.8. The average Bonchev–Trinajstić information content (AvgIpc) is 3.19. The Labute approximate surface area is 159 Å². The van der Waals surface area contributed by atoms with E-state index in [0.717, 1.165) is 28.3 Å². The van der Waals surface area contributed by atoms with Gasteiger partial charge in [-0.2, -0.15) is 0 Å². The molecule has 2 N–H and O–H groups in total. The highest BCUT2D eigenvalue weighted by Gasteiger charge is 2.08. The van der Waals surface area contributed by atoms with Gasteiger partial charge < -0.3 is 19.9 Å². The van der Waals surface area contributed by atoms with Gasteiger partial charge in [-0.05, 0) is 13.0 Å². The van der Waals surface area contributed by atoms with E-state index in [2.05, 4.69) is 20.8 Å². The minimum absolute atomic E-state index is 0.517. The van der Waals surface area contributed by atoms with Crippen LogP contribution in [0.15, 0.2) is 70.2 Å². The van der Waals surface area contributed by atoms with E-state index < -0.39 is 0 Å². The van der Waals surface area contributed by atoms with Crippen LogP contribution >= 0.6 is 0 Å². The molecule has 1 heterocycles. The summed E-state index contributed by atoms with van der Waals surface area (Å²) in [6.45, 7) is 3.75. The Kier molecular flexibility index (Phi) is 6.46. The van der Waals surface area contributed by atoms with Crippen LogP contribution in [0.5, 0.6) is 5.75 Å². The summed E-state index contributed by atoms with van der Waals surface area (Å²) in [4.78, 5) is 4.25. The van der Waals surface area contributed by atoms with E-state index >= 15 is 0 Å². The number of ether oxygens (including phenoxy) is 1. The maximum absolute atomic E-state index is 5.65. The molecular weight excluding hydrogens is 340 g/mol. The van der Waals surface area contributed by atoms with Gasteiger partial charge in [0.25, 0.3) is 0 Å². The molecule has 0 radical (unpaired) electrons. The van der Waals surface area contributed by atoms with Gasteiger partial charge >= 0.3 is 0 Å². The average molecular weight is 364 g/mol. The van der Waals surface area contributed by atoms with Crippen LogP contribution in [0.4, 0.5) is 0 Å². The van der Waals surface area contributed by atoms with Crippen LogP contribution in [0.3, 0.4) is 0 Å². The van der Waals surface area contributed by atoms with E-state index in [1.54, 1.807) is 7.05 Å². The van der Waals surface area contributed by atoms with Gasteiger partial charge in [0.2, 0.25) is 0 Å². The molecule has 0 fully saturated rings. The molecule has 2 aromatic carbocycles. The predicted molar refractivity (Wildman–Crippen MR) is 107 cm³/mol. The van der Waals surface area contributed by atoms with Crippen LogP contribution in [0.1, 0.15) is 18.2 Å². The van der Waals surface area contributed by atoms with E-state index in [0.29, 0.717) is 25.7 Å². The first kappa shape index (κ1) is 18.5. The molecule has 1 aromatic heterocycles. The van der Waals surface area contributed by atoms with Gasteiger partial charge in [-0.1, -0.05) is 53.7 Å². The van der Waals surface area contributed by atoms with E-state index in [4.69, 9.17) is 9.26 Å². The first-order valence-electron chi connectivity index (χ1n) is 8.96. The summed E-state index contributed by atoms with van der Waals surface area (Å²) in [5.41, 5.74) is 2.90. The smallest absolute Gasteiger partial charge is 0.191 e. The molecule has 27 heavy (non-hydrogen) atoms. The largest absolute Gasteiger partial charge is 0.494 e. The summed E-state index contributed by atoms with van der Waals surface area (Å²) >= 11 is 0. The lowest BCUT2D eigenvalue weighted by Gasteiger charge is -2.13. The van der Waals surface area contributed by atoms with Crippen molar-refractivity contribution in [1.82, 2.24) is 15.8 Å². The van der Waals surface area contributed by atoms with E-state index in [1.165, 1.54) is 0 Å². The molecule has 0 bridgehead atoms. The molecule has 0 saturated carbocycles. The third-order valence-corrected chi connectivity index (χ3v) is 4.00. The number of hydrogen-bond donors (Lipinski definition) is 2. The highest BCUT2D eigenvalue weighted by atomic mass is 16.5. The SMILES string of the molecule is CCOc1ccccc1CNC(=NC)NCc1cc(-c2ccccc2)on1. The number of rotatable bonds is 7. The highest BCUT2D eigenvalue weighted by Crippen LogP contribution is 2.19. The Balaban J connectivity index is 1.55. The number of benzene rings is 2. The molecule has 0 unspecified atom stereocenters. The second-order valence-electron chi connectivity index (χ2n) is 5.87. The molecule has 0 aliphatic rings. The van der Waals surface area contributed by atoms with E-state index in [-0.39, 0.29) is 0 Å². The lowest BCUT2D eigenvalue weighted by atomic mass is 10.2. The summed E-state index contributed by atoms with van der Waals surface area (Å²) in [5, 5.41) is 10.7. The second-order valence-corrected chi connectivity index (χ2v) is 5.87. The van der Waals surface area contributed by atoms with E-state index in [9.17, 15) is 0 Å². The number of guanidine groups is 1. The van der Waals surface area contributed by atoms with Gasteiger partial charge in [-0.15, -0.1) is 0 Å². The minimum atomic E-state index is 0.517. The monoisotopic (exact) mass is 364 g/mol. The van der Waals surface area contributed by atoms with Crippen molar-refractivity contribution < 1.29 is 9.26 Å². The van der Waals surface area contributed by atoms with Crippen molar-refractivity contribution in [2.75, 3.05) is 13.7 Å². The Morgan fingerprint density at radius 3 is 2.56 bits per heavy atom. The minimum Gasteiger partial charge on any atom is -0.494 e. The molecule has 6 nitrogen and oxygen atoms in total. The van der Waals surface area contributed by atoms with Crippen LogP contribution < -0.4 is 15.4 Å². The van der Waals surface area contributed by atoms with Crippen molar-refractivity contribution in [3.05, 3.63) is 71.9 Å². The van der Waals surface area contributed by atoms with Crippen LogP contribution in [0.2, 0.25) is 0 Å². The van der Waals surface area contributed by atoms with Crippen molar-refractivity contribution in [3.63, 3.8) is 0 Å². The van der Waals surface area contributed by atoms with Crippen molar-refractivity contribution in [2.45, 2.75) is 20.0 Å². The molecule has 3 rings (SSSR count). The maximum Gasteiger partial charge on any atom is 0.191 e. The number of para-hydroxylation sites is 1. The predicted octanol–water partition coefficient (Wildman–Crippen LogP) is 3.61. The standard InChI is InChI=1S/C21H24N4O2/c1-3-26-19-12-8-7-11-17(19)14-23-21(22-2)24-15-18-13-20(27-25-18)16-9-5-4-6-10-16/h4-13H,3,14-15H2,1-2H3,(H2,22,23,24). The third-order valence-electron chi connectivity index (χ3n) is 4.00. The van der Waals surface area contributed by atoms with Crippen molar-refractivity contribution >= 4 is 5.96 Å². The quantitative estimate of drug-likeness (QED) is 0.495. The Bertz CT molecular complexity index is 875. The van der Waals surface area contributed by atoms with Gasteiger partial charge in [-0.3, -0.25) is 4.99 Å². The fraction of sp³-hybridized carbons (Fsp3) is 0.238. The summed E-state index contributed by atoms with van der Waals surface area (Å²) < 4.78 is 11.1. The van der Waals surface area contributed by atoms with Gasteiger partial charge in [-0.25, -0.2) is 0 Å². The van der Waals surface area contributed by atoms with Crippen LogP contribution in [-0.4, -0.2) is 24.8 Å². The molecule has 3 aromatic rings. The van der Waals surface area contributed by atoms with Crippen LogP contribution in [0.25, 0.3) is 11.3 Å². The van der Waals surface area contributed by atoms with Crippen molar-refractivity contribution in [1.29, 1.82) is 0 Å². The molecule has 0 atom stereocenters. The fourth-order valence-corrected chi connectivity index (χ4v) is 2.65. The maximum atomic E-state index is 5.65. The molecule has 0 amide bonds. The molecule has 140 valence electrons. The molecule has 0 spiro atoms. The van der Waals surface area contributed by atoms with Crippen molar-refractivity contribution in [2.24, 2.45) is 4.99 Å². The lowest BCUT2D eigenvalue weighted by molar-refractivity contribution is 0.336. The Hall–Kier alpha value is -3.28. The van der Waals surface area contributed by atoms with Gasteiger partial charge in [0, 0.05) is 30.8 Å². The van der Waals surface area contributed by atoms with Gasteiger partial charge in [0.1, 0.15) is 11.4 Å². The summed E-state index contributed by atoms with van der Waals surface area (Å²) in [5.74, 6) is 2.32. The van der Waals surface area contributed by atoms with Crippen LogP contribution in [-0.2, 0) is 13.1 Å². The molecular formula is C21H24N4O2.